The second-order valence-corrected chi connectivity index (χ2v) is 3.46. The highest BCUT2D eigenvalue weighted by Crippen LogP contribution is 2.22. The number of hydrogen-bond acceptors (Lipinski definition) is 2. The van der Waals surface area contributed by atoms with Crippen molar-refractivity contribution in [1.82, 2.24) is 0 Å². The van der Waals surface area contributed by atoms with Gasteiger partial charge in [-0.05, 0) is 17.7 Å². The Morgan fingerprint density at radius 2 is 1.43 bits per heavy atom. The molecule has 10 N–H and O–H groups in total. The summed E-state index contributed by atoms with van der Waals surface area (Å²) in [5.74, 6) is 0. The third kappa shape index (κ3) is 2.37. The van der Waals surface area contributed by atoms with Crippen molar-refractivity contribution in [1.29, 1.82) is 0 Å². The number of anilines is 2. The molecule has 0 heterocycles. The Morgan fingerprint density at radius 1 is 0.929 bits per heavy atom. The first-order valence-electron chi connectivity index (χ1n) is 4.94. The SMILES string of the molecule is Nc1cc(CC[NH3+])cc(N)c1CC[NH3+]. The fourth-order valence-corrected chi connectivity index (χ4v) is 1.60. The molecule has 0 aliphatic heterocycles. The minimum atomic E-state index is 0.789. The molecule has 78 valence electrons. The summed E-state index contributed by atoms with van der Waals surface area (Å²) in [4.78, 5) is 0. The smallest absolute Gasteiger partial charge is 0.0782 e. The summed E-state index contributed by atoms with van der Waals surface area (Å²) >= 11 is 0. The minimum absolute atomic E-state index is 0.789. The fourth-order valence-electron chi connectivity index (χ4n) is 1.60. The van der Waals surface area contributed by atoms with Crippen LogP contribution in [0.3, 0.4) is 0 Å². The number of nitrogen functional groups attached to an aromatic ring is 2. The molecule has 1 rings (SSSR count). The van der Waals surface area contributed by atoms with Crippen LogP contribution in [0.5, 0.6) is 0 Å². The van der Waals surface area contributed by atoms with Gasteiger partial charge in [0.25, 0.3) is 0 Å². The Labute approximate surface area is 84.3 Å². The van der Waals surface area contributed by atoms with Crippen LogP contribution in [0.15, 0.2) is 12.1 Å². The van der Waals surface area contributed by atoms with E-state index < -0.39 is 0 Å². The van der Waals surface area contributed by atoms with Gasteiger partial charge in [-0.3, -0.25) is 0 Å². The van der Waals surface area contributed by atoms with Gasteiger partial charge >= 0.3 is 0 Å². The molecule has 0 atom stereocenters. The first kappa shape index (κ1) is 10.8. The predicted molar refractivity (Wildman–Crippen MR) is 58.2 cm³/mol. The molecule has 14 heavy (non-hydrogen) atoms. The van der Waals surface area contributed by atoms with E-state index in [0.717, 1.165) is 42.9 Å². The lowest BCUT2D eigenvalue weighted by Crippen LogP contribution is -2.51. The average Bonchev–Trinajstić information content (AvgIpc) is 2.12. The van der Waals surface area contributed by atoms with Crippen LogP contribution in [0.1, 0.15) is 11.1 Å². The van der Waals surface area contributed by atoms with Crippen LogP contribution in [0.25, 0.3) is 0 Å². The van der Waals surface area contributed by atoms with Crippen LogP contribution in [-0.4, -0.2) is 13.1 Å². The van der Waals surface area contributed by atoms with E-state index in [1.54, 1.807) is 0 Å². The van der Waals surface area contributed by atoms with Gasteiger partial charge in [0.1, 0.15) is 0 Å². The third-order valence-corrected chi connectivity index (χ3v) is 2.27. The lowest BCUT2D eigenvalue weighted by atomic mass is 10.0. The average molecular weight is 196 g/mol. The van der Waals surface area contributed by atoms with Crippen LogP contribution in [-0.2, 0) is 12.8 Å². The molecule has 0 aliphatic rings. The van der Waals surface area contributed by atoms with Crippen molar-refractivity contribution in [2.45, 2.75) is 12.8 Å². The Morgan fingerprint density at radius 3 is 1.86 bits per heavy atom. The number of rotatable bonds is 4. The van der Waals surface area contributed by atoms with Gasteiger partial charge in [-0.1, -0.05) is 0 Å². The molecule has 1 aromatic carbocycles. The maximum Gasteiger partial charge on any atom is 0.0782 e. The fraction of sp³-hybridized carbons (Fsp3) is 0.400. The Balaban J connectivity index is 2.98. The van der Waals surface area contributed by atoms with Gasteiger partial charge in [-0.2, -0.15) is 0 Å². The van der Waals surface area contributed by atoms with E-state index in [1.807, 2.05) is 12.1 Å². The van der Waals surface area contributed by atoms with Gasteiger partial charge in [0.2, 0.25) is 0 Å². The maximum atomic E-state index is 5.91. The van der Waals surface area contributed by atoms with E-state index in [9.17, 15) is 0 Å². The Bertz CT molecular complexity index is 286. The van der Waals surface area contributed by atoms with Gasteiger partial charge in [0.15, 0.2) is 0 Å². The largest absolute Gasteiger partial charge is 0.398 e. The number of quaternary nitrogens is 2. The molecule has 0 aliphatic carbocycles. The lowest BCUT2D eigenvalue weighted by molar-refractivity contribution is -0.367. The molecular formula is C10H20N4+2. The molecule has 0 saturated heterocycles. The normalized spacial score (nSPS) is 10.4. The van der Waals surface area contributed by atoms with Gasteiger partial charge in [-0.25, -0.2) is 0 Å². The molecule has 0 saturated carbocycles. The molecule has 0 radical (unpaired) electrons. The first-order valence-corrected chi connectivity index (χ1v) is 4.94. The molecule has 0 fully saturated rings. The van der Waals surface area contributed by atoms with Crippen LogP contribution in [0.4, 0.5) is 11.4 Å². The quantitative estimate of drug-likeness (QED) is 0.436. The molecular weight excluding hydrogens is 176 g/mol. The second kappa shape index (κ2) is 4.83. The zero-order chi connectivity index (χ0) is 10.6. The summed E-state index contributed by atoms with van der Waals surface area (Å²) in [6.07, 6.45) is 1.78. The number of benzene rings is 1. The highest BCUT2D eigenvalue weighted by molar-refractivity contribution is 5.63. The van der Waals surface area contributed by atoms with Crippen molar-refractivity contribution in [2.75, 3.05) is 24.6 Å². The Kier molecular flexibility index (Phi) is 3.73. The minimum Gasteiger partial charge on any atom is -0.398 e. The van der Waals surface area contributed by atoms with Crippen LogP contribution < -0.4 is 22.9 Å². The van der Waals surface area contributed by atoms with Crippen LogP contribution >= 0.6 is 0 Å². The van der Waals surface area contributed by atoms with Gasteiger partial charge < -0.3 is 22.9 Å². The van der Waals surface area contributed by atoms with Crippen molar-refractivity contribution >= 4 is 11.4 Å². The van der Waals surface area contributed by atoms with Crippen molar-refractivity contribution in [3.05, 3.63) is 23.3 Å². The first-order chi connectivity index (χ1) is 6.69. The van der Waals surface area contributed by atoms with Crippen molar-refractivity contribution in [3.63, 3.8) is 0 Å². The zero-order valence-electron chi connectivity index (χ0n) is 8.55. The molecule has 4 nitrogen and oxygen atoms in total. The van der Waals surface area contributed by atoms with Crippen LogP contribution in [0, 0.1) is 0 Å². The van der Waals surface area contributed by atoms with E-state index in [0.29, 0.717) is 0 Å². The topological polar surface area (TPSA) is 107 Å². The van der Waals surface area contributed by atoms with Gasteiger partial charge in [-0.15, -0.1) is 0 Å². The number of nitrogens with two attached hydrogens (primary N) is 2. The molecule has 0 amide bonds. The summed E-state index contributed by atoms with van der Waals surface area (Å²) in [5.41, 5.74) is 23.2. The molecule has 0 spiro atoms. The predicted octanol–water partition coefficient (Wildman–Crippen LogP) is -1.58. The maximum absolute atomic E-state index is 5.91. The highest BCUT2D eigenvalue weighted by atomic mass is 14.6. The standard InChI is InChI=1S/C10H18N4/c11-3-1-7-5-9(13)8(2-4-12)10(14)6-7/h5-6H,1-4,11-14H2/p+2. The molecule has 0 unspecified atom stereocenters. The molecule has 1 aromatic rings. The summed E-state index contributed by atoms with van der Waals surface area (Å²) < 4.78 is 0. The Hall–Kier alpha value is -1.26. The van der Waals surface area contributed by atoms with E-state index in [4.69, 9.17) is 11.5 Å². The number of hydrogen-bond donors (Lipinski definition) is 4. The molecule has 4 heteroatoms. The van der Waals surface area contributed by atoms with E-state index in [-0.39, 0.29) is 0 Å². The summed E-state index contributed by atoms with van der Waals surface area (Å²) in [5, 5.41) is 0. The van der Waals surface area contributed by atoms with Crippen LogP contribution in [0.2, 0.25) is 0 Å². The monoisotopic (exact) mass is 196 g/mol. The van der Waals surface area contributed by atoms with E-state index >= 15 is 0 Å². The van der Waals surface area contributed by atoms with Crippen molar-refractivity contribution in [3.8, 4) is 0 Å². The summed E-state index contributed by atoms with van der Waals surface area (Å²) in [6, 6.07) is 3.99. The zero-order valence-corrected chi connectivity index (χ0v) is 8.55. The summed E-state index contributed by atoms with van der Waals surface area (Å²) in [6.45, 7) is 1.69. The third-order valence-electron chi connectivity index (χ3n) is 2.27. The van der Waals surface area contributed by atoms with Crippen molar-refractivity contribution < 1.29 is 11.5 Å². The second-order valence-electron chi connectivity index (χ2n) is 3.46. The molecule has 0 bridgehead atoms. The lowest BCUT2D eigenvalue weighted by Gasteiger charge is -2.09. The van der Waals surface area contributed by atoms with E-state index in [2.05, 4.69) is 11.5 Å². The van der Waals surface area contributed by atoms with Gasteiger partial charge in [0, 0.05) is 29.8 Å². The molecule has 0 aromatic heterocycles. The van der Waals surface area contributed by atoms with E-state index in [1.165, 1.54) is 5.56 Å². The summed E-state index contributed by atoms with van der Waals surface area (Å²) in [7, 11) is 0. The highest BCUT2D eigenvalue weighted by Gasteiger charge is 2.06. The van der Waals surface area contributed by atoms with Crippen molar-refractivity contribution in [2.24, 2.45) is 0 Å². The van der Waals surface area contributed by atoms with Gasteiger partial charge in [0.05, 0.1) is 13.1 Å².